The first-order valence-corrected chi connectivity index (χ1v) is 5.57. The minimum atomic E-state index is 0.415. The molecule has 1 atom stereocenters. The van der Waals surface area contributed by atoms with Crippen molar-refractivity contribution in [1.29, 1.82) is 0 Å². The van der Waals surface area contributed by atoms with E-state index in [0.717, 1.165) is 19.7 Å². The molecule has 4 heteroatoms. The van der Waals surface area contributed by atoms with Crippen LogP contribution in [0, 0.1) is 6.92 Å². The summed E-state index contributed by atoms with van der Waals surface area (Å²) in [5.41, 5.74) is 2.50. The lowest BCUT2D eigenvalue weighted by Gasteiger charge is -2.11. The van der Waals surface area contributed by atoms with Crippen LogP contribution in [0.15, 0.2) is 6.20 Å². The summed E-state index contributed by atoms with van der Waals surface area (Å²) in [6, 6.07) is 0. The van der Waals surface area contributed by atoms with Crippen LogP contribution in [-0.4, -0.2) is 29.0 Å². The van der Waals surface area contributed by atoms with Crippen molar-refractivity contribution < 1.29 is 4.74 Å². The molecule has 0 saturated carbocycles. The van der Waals surface area contributed by atoms with Gasteiger partial charge in [0.25, 0.3) is 0 Å². The third kappa shape index (κ3) is 2.58. The van der Waals surface area contributed by atoms with Gasteiger partial charge in [0.1, 0.15) is 0 Å². The van der Waals surface area contributed by atoms with Gasteiger partial charge in [-0.15, -0.1) is 0 Å². The van der Waals surface area contributed by atoms with Crippen molar-refractivity contribution in [3.05, 3.63) is 17.5 Å². The number of ether oxygens (including phenoxy) is 1. The summed E-state index contributed by atoms with van der Waals surface area (Å²) in [6.07, 6.45) is 4.72. The Balaban J connectivity index is 1.77. The number of nitrogens with one attached hydrogen (secondary N) is 1. The van der Waals surface area contributed by atoms with Crippen LogP contribution in [0.2, 0.25) is 0 Å². The van der Waals surface area contributed by atoms with Gasteiger partial charge in [0.05, 0.1) is 18.0 Å². The largest absolute Gasteiger partial charge is 0.377 e. The Morgan fingerprint density at radius 1 is 1.67 bits per heavy atom. The van der Waals surface area contributed by atoms with Crippen molar-refractivity contribution in [2.45, 2.75) is 32.4 Å². The van der Waals surface area contributed by atoms with E-state index in [1.165, 1.54) is 24.1 Å². The molecule has 1 N–H and O–H groups in total. The topological polar surface area (TPSA) is 39.1 Å². The average molecular weight is 209 g/mol. The number of rotatable bonds is 4. The fourth-order valence-electron chi connectivity index (χ4n) is 1.98. The molecule has 0 aliphatic carbocycles. The van der Waals surface area contributed by atoms with E-state index >= 15 is 0 Å². The number of aromatic nitrogens is 2. The van der Waals surface area contributed by atoms with Crippen LogP contribution in [0.4, 0.5) is 0 Å². The molecule has 2 heterocycles. The summed E-state index contributed by atoms with van der Waals surface area (Å²) in [5, 5.41) is 7.64. The van der Waals surface area contributed by atoms with E-state index < -0.39 is 0 Å². The molecule has 2 rings (SSSR count). The van der Waals surface area contributed by atoms with Gasteiger partial charge in [-0.2, -0.15) is 5.10 Å². The van der Waals surface area contributed by atoms with Gasteiger partial charge >= 0.3 is 0 Å². The monoisotopic (exact) mass is 209 g/mol. The minimum absolute atomic E-state index is 0.415. The molecule has 0 radical (unpaired) electrons. The first-order chi connectivity index (χ1) is 7.27. The van der Waals surface area contributed by atoms with Crippen molar-refractivity contribution >= 4 is 0 Å². The van der Waals surface area contributed by atoms with Crippen LogP contribution in [0.3, 0.4) is 0 Å². The van der Waals surface area contributed by atoms with Gasteiger partial charge in [-0.1, -0.05) is 0 Å². The van der Waals surface area contributed by atoms with E-state index in [1.54, 1.807) is 0 Å². The maximum absolute atomic E-state index is 5.55. The molecule has 1 aliphatic rings. The van der Waals surface area contributed by atoms with E-state index in [4.69, 9.17) is 4.74 Å². The van der Waals surface area contributed by atoms with Crippen molar-refractivity contribution in [2.75, 3.05) is 13.2 Å². The Morgan fingerprint density at radius 2 is 2.53 bits per heavy atom. The summed E-state index contributed by atoms with van der Waals surface area (Å²) in [5.74, 6) is 0. The molecule has 1 aromatic rings. The molecule has 0 spiro atoms. The van der Waals surface area contributed by atoms with Crippen LogP contribution in [0.5, 0.6) is 0 Å². The first-order valence-electron chi connectivity index (χ1n) is 5.57. The fourth-order valence-corrected chi connectivity index (χ4v) is 1.98. The summed E-state index contributed by atoms with van der Waals surface area (Å²) in [7, 11) is 1.98. The zero-order valence-corrected chi connectivity index (χ0v) is 9.49. The average Bonchev–Trinajstić information content (AvgIpc) is 2.82. The highest BCUT2D eigenvalue weighted by molar-refractivity contribution is 5.14. The van der Waals surface area contributed by atoms with E-state index in [0.29, 0.717) is 6.10 Å². The molecule has 4 nitrogen and oxygen atoms in total. The molecule has 15 heavy (non-hydrogen) atoms. The number of aryl methyl sites for hydroxylation is 2. The highest BCUT2D eigenvalue weighted by atomic mass is 16.5. The Labute approximate surface area is 90.6 Å². The lowest BCUT2D eigenvalue weighted by Crippen LogP contribution is -2.26. The molecule has 1 aliphatic heterocycles. The van der Waals surface area contributed by atoms with E-state index in [-0.39, 0.29) is 0 Å². The van der Waals surface area contributed by atoms with Gasteiger partial charge in [0.2, 0.25) is 0 Å². The Hall–Kier alpha value is -0.870. The molecule has 0 unspecified atom stereocenters. The quantitative estimate of drug-likeness (QED) is 0.804. The third-order valence-corrected chi connectivity index (χ3v) is 2.96. The molecule has 1 aromatic heterocycles. The zero-order valence-electron chi connectivity index (χ0n) is 9.49. The van der Waals surface area contributed by atoms with Crippen molar-refractivity contribution in [1.82, 2.24) is 15.1 Å². The molecule has 0 amide bonds. The van der Waals surface area contributed by atoms with Crippen LogP contribution in [0.25, 0.3) is 0 Å². The normalized spacial score (nSPS) is 21.1. The van der Waals surface area contributed by atoms with Gasteiger partial charge in [-0.3, -0.25) is 4.68 Å². The Kier molecular flexibility index (Phi) is 3.38. The van der Waals surface area contributed by atoms with E-state index in [9.17, 15) is 0 Å². The molecule has 1 saturated heterocycles. The minimum Gasteiger partial charge on any atom is -0.377 e. The lowest BCUT2D eigenvalue weighted by atomic mass is 10.2. The number of hydrogen-bond donors (Lipinski definition) is 1. The van der Waals surface area contributed by atoms with Crippen molar-refractivity contribution in [2.24, 2.45) is 7.05 Å². The van der Waals surface area contributed by atoms with Gasteiger partial charge in [0, 0.05) is 26.7 Å². The van der Waals surface area contributed by atoms with Gasteiger partial charge in [-0.05, 0) is 25.3 Å². The fraction of sp³-hybridized carbons (Fsp3) is 0.727. The standard InChI is InChI=1S/C11H19N3O/c1-9-6-13-14(2)11(9)8-12-7-10-4-3-5-15-10/h6,10,12H,3-5,7-8H2,1-2H3/t10-/m1/s1. The smallest absolute Gasteiger partial charge is 0.0700 e. The SMILES string of the molecule is Cc1cnn(C)c1CNC[C@H]1CCCO1. The highest BCUT2D eigenvalue weighted by Crippen LogP contribution is 2.11. The highest BCUT2D eigenvalue weighted by Gasteiger charge is 2.14. The Morgan fingerprint density at radius 3 is 3.13 bits per heavy atom. The van der Waals surface area contributed by atoms with Crippen LogP contribution in [0.1, 0.15) is 24.1 Å². The van der Waals surface area contributed by atoms with Crippen LogP contribution in [-0.2, 0) is 18.3 Å². The molecular formula is C11H19N3O. The van der Waals surface area contributed by atoms with Gasteiger partial charge in [0.15, 0.2) is 0 Å². The lowest BCUT2D eigenvalue weighted by molar-refractivity contribution is 0.110. The van der Waals surface area contributed by atoms with Crippen LogP contribution >= 0.6 is 0 Å². The van der Waals surface area contributed by atoms with E-state index in [1.807, 2.05) is 17.9 Å². The second-order valence-electron chi connectivity index (χ2n) is 4.16. The van der Waals surface area contributed by atoms with Crippen molar-refractivity contribution in [3.8, 4) is 0 Å². The summed E-state index contributed by atoms with van der Waals surface area (Å²) in [4.78, 5) is 0. The predicted molar refractivity (Wildman–Crippen MR) is 58.6 cm³/mol. The predicted octanol–water partition coefficient (Wildman–Crippen LogP) is 0.997. The maximum atomic E-state index is 5.55. The van der Waals surface area contributed by atoms with Gasteiger partial charge in [-0.25, -0.2) is 0 Å². The molecular weight excluding hydrogens is 190 g/mol. The van der Waals surface area contributed by atoms with Crippen LogP contribution < -0.4 is 5.32 Å². The summed E-state index contributed by atoms with van der Waals surface area (Å²) >= 11 is 0. The molecule has 0 aromatic carbocycles. The molecule has 0 bridgehead atoms. The van der Waals surface area contributed by atoms with Gasteiger partial charge < -0.3 is 10.1 Å². The third-order valence-electron chi connectivity index (χ3n) is 2.96. The first kappa shape index (κ1) is 10.6. The number of hydrogen-bond acceptors (Lipinski definition) is 3. The maximum Gasteiger partial charge on any atom is 0.0700 e. The number of nitrogens with zero attached hydrogens (tertiary/aromatic N) is 2. The summed E-state index contributed by atoms with van der Waals surface area (Å²) in [6.45, 7) is 4.85. The summed E-state index contributed by atoms with van der Waals surface area (Å²) < 4.78 is 7.48. The van der Waals surface area contributed by atoms with Crippen molar-refractivity contribution in [3.63, 3.8) is 0 Å². The Bertz CT molecular complexity index is 296. The van der Waals surface area contributed by atoms with E-state index in [2.05, 4.69) is 17.3 Å². The second-order valence-corrected chi connectivity index (χ2v) is 4.16. The molecule has 1 fully saturated rings. The zero-order chi connectivity index (χ0) is 10.7. The second kappa shape index (κ2) is 4.77. The molecule has 84 valence electrons.